The zero-order chi connectivity index (χ0) is 48.7. The first kappa shape index (κ1) is 51.0. The van der Waals surface area contributed by atoms with E-state index in [1.165, 1.54) is 12.2 Å². The van der Waals surface area contributed by atoms with Gasteiger partial charge in [0.15, 0.2) is 0 Å². The Balaban J connectivity index is 1.10. The van der Waals surface area contributed by atoms with E-state index in [0.29, 0.717) is 36.2 Å². The van der Waals surface area contributed by atoms with Gasteiger partial charge in [-0.15, -0.1) is 0 Å². The number of anilines is 1. The molecule has 3 N–H and O–H groups in total. The van der Waals surface area contributed by atoms with E-state index >= 15 is 0 Å². The van der Waals surface area contributed by atoms with Crippen molar-refractivity contribution in [3.05, 3.63) is 77.9 Å². The number of methoxy groups -OCH3 is 1. The maximum atomic E-state index is 14.4. The van der Waals surface area contributed by atoms with E-state index in [-0.39, 0.29) is 84.7 Å². The quantitative estimate of drug-likeness (QED) is 0.146. The number of likely N-dealkylation sites (tertiary alicyclic amines) is 2. The lowest BCUT2D eigenvalue weighted by Crippen LogP contribution is -2.60. The van der Waals surface area contributed by atoms with Gasteiger partial charge in [-0.05, 0) is 86.1 Å². The molecule has 2 aromatic rings. The van der Waals surface area contributed by atoms with Crippen LogP contribution in [-0.4, -0.2) is 131 Å². The van der Waals surface area contributed by atoms with Gasteiger partial charge in [-0.3, -0.25) is 43.4 Å². The number of nitrogens with zero attached hydrogens (tertiary/aromatic N) is 4. The van der Waals surface area contributed by atoms with E-state index in [2.05, 4.69) is 34.7 Å². The predicted molar refractivity (Wildman–Crippen MR) is 256 cm³/mol. The molecule has 7 amide bonds. The van der Waals surface area contributed by atoms with Gasteiger partial charge in [0, 0.05) is 63.0 Å². The lowest BCUT2D eigenvalue weighted by atomic mass is 9.86. The lowest BCUT2D eigenvalue weighted by Gasteiger charge is -2.41. The molecular weight excluding hydrogens is 851 g/mol. The largest absolute Gasteiger partial charge is 0.379 e. The number of imide groups is 1. The van der Waals surface area contributed by atoms with Crippen molar-refractivity contribution in [2.24, 2.45) is 29.6 Å². The summed E-state index contributed by atoms with van der Waals surface area (Å²) in [5.74, 6) is -2.60. The van der Waals surface area contributed by atoms with Crippen LogP contribution in [0.15, 0.2) is 66.7 Å². The van der Waals surface area contributed by atoms with Crippen LogP contribution in [0, 0.1) is 29.6 Å². The number of nitrogens with one attached hydrogen (secondary N) is 3. The minimum absolute atomic E-state index is 0.0271. The second-order valence-corrected chi connectivity index (χ2v) is 19.8. The molecule has 67 heavy (non-hydrogen) atoms. The van der Waals surface area contributed by atoms with Crippen molar-refractivity contribution in [2.75, 3.05) is 33.1 Å². The Morgan fingerprint density at radius 1 is 0.851 bits per heavy atom. The molecule has 0 aromatic heterocycles. The van der Waals surface area contributed by atoms with Crippen LogP contribution in [-0.2, 0) is 51.3 Å². The Morgan fingerprint density at radius 2 is 1.52 bits per heavy atom. The molecule has 15 heteroatoms. The van der Waals surface area contributed by atoms with Crippen molar-refractivity contribution in [2.45, 2.75) is 142 Å². The highest BCUT2D eigenvalue weighted by atomic mass is 16.5. The molecule has 2 saturated heterocycles. The Bertz CT molecular complexity index is 2110. The monoisotopic (exact) mass is 924 g/mol. The third kappa shape index (κ3) is 11.8. The van der Waals surface area contributed by atoms with Crippen molar-refractivity contribution in [1.29, 1.82) is 0 Å². The van der Waals surface area contributed by atoms with Crippen LogP contribution < -0.4 is 16.0 Å². The molecule has 15 nitrogen and oxygen atoms in total. The first-order valence-electron chi connectivity index (χ1n) is 24.3. The highest BCUT2D eigenvalue weighted by Crippen LogP contribution is 2.41. The van der Waals surface area contributed by atoms with Crippen LogP contribution >= 0.6 is 0 Å². The highest BCUT2D eigenvalue weighted by molar-refractivity contribution is 6.12. The number of piperidine rings is 1. The number of hydrogen-bond acceptors (Lipinski definition) is 9. The summed E-state index contributed by atoms with van der Waals surface area (Å²) in [7, 11) is 5.34. The van der Waals surface area contributed by atoms with Crippen LogP contribution in [0.5, 0.6) is 0 Å². The fourth-order valence-electron chi connectivity index (χ4n) is 10.9. The number of carbonyl (C=O) groups excluding carboxylic acids is 7. The van der Waals surface area contributed by atoms with Crippen molar-refractivity contribution in [1.82, 2.24) is 30.2 Å². The summed E-state index contributed by atoms with van der Waals surface area (Å²) in [5, 5.41) is 9.09. The van der Waals surface area contributed by atoms with E-state index in [1.54, 1.807) is 43.3 Å². The fourth-order valence-corrected chi connectivity index (χ4v) is 10.9. The number of rotatable bonds is 21. The topological polar surface area (TPSA) is 178 Å². The van der Waals surface area contributed by atoms with Gasteiger partial charge in [0.2, 0.25) is 29.5 Å². The molecule has 3 aliphatic heterocycles. The number of fused-ring (bicyclic) bond motifs is 2. The third-order valence-corrected chi connectivity index (χ3v) is 15.3. The van der Waals surface area contributed by atoms with E-state index < -0.39 is 36.1 Å². The van der Waals surface area contributed by atoms with E-state index in [4.69, 9.17) is 4.74 Å². The van der Waals surface area contributed by atoms with Crippen LogP contribution in [0.25, 0.3) is 0 Å². The number of benzene rings is 2. The molecule has 4 aliphatic rings. The van der Waals surface area contributed by atoms with Gasteiger partial charge in [-0.1, -0.05) is 90.4 Å². The van der Waals surface area contributed by atoms with Crippen LogP contribution in [0.2, 0.25) is 0 Å². The number of amides is 7. The Morgan fingerprint density at radius 3 is 2.12 bits per heavy atom. The summed E-state index contributed by atoms with van der Waals surface area (Å²) in [6.45, 7) is 12.4. The van der Waals surface area contributed by atoms with Crippen LogP contribution in [0.3, 0.4) is 0 Å². The molecule has 6 rings (SSSR count). The molecule has 2 aromatic carbocycles. The summed E-state index contributed by atoms with van der Waals surface area (Å²) < 4.78 is 6.10. The molecule has 3 heterocycles. The van der Waals surface area contributed by atoms with Gasteiger partial charge in [0.05, 0.1) is 31.2 Å². The van der Waals surface area contributed by atoms with Crippen molar-refractivity contribution < 1.29 is 38.3 Å². The summed E-state index contributed by atoms with van der Waals surface area (Å²) in [6.07, 6.45) is 7.49. The van der Waals surface area contributed by atoms with Gasteiger partial charge in [0.1, 0.15) is 12.1 Å². The van der Waals surface area contributed by atoms with Gasteiger partial charge >= 0.3 is 0 Å². The normalized spacial score (nSPS) is 23.4. The number of likely N-dealkylation sites (N-methyl/N-ethyl adjacent to an activating group) is 2. The fraction of sp³-hybridized carbons (Fsp3) is 0.596. The average Bonchev–Trinajstić information content (AvgIpc) is 4.13. The highest BCUT2D eigenvalue weighted by Gasteiger charge is 2.49. The minimum Gasteiger partial charge on any atom is -0.379 e. The SMILES string of the molecule is CC[C@H](C)[C@@H]([C@@H](CC(=O)N1CCC[C@H]1[C@H](C)[C@@H](C)C(=O)N[C@@H](Cc1ccccc1)C(=O)Nc1ccc(CN2C(=O)C=CC2=O)cc1)OC)N(C)C(=O)[C@@H](NC(=O)[C@@H]1[C@H]2CC[C@H](C2)N1C)C(C)C. The molecule has 11 atom stereocenters. The van der Waals surface area contributed by atoms with Crippen molar-refractivity contribution >= 4 is 47.0 Å². The van der Waals surface area contributed by atoms with Crippen LogP contribution in [0.4, 0.5) is 5.69 Å². The zero-order valence-corrected chi connectivity index (χ0v) is 40.9. The molecule has 3 fully saturated rings. The summed E-state index contributed by atoms with van der Waals surface area (Å²) >= 11 is 0. The van der Waals surface area contributed by atoms with E-state index in [0.717, 1.165) is 42.6 Å². The maximum absolute atomic E-state index is 14.4. The number of carbonyl (C=O) groups is 7. The molecule has 0 spiro atoms. The molecule has 364 valence electrons. The van der Waals surface area contributed by atoms with Gasteiger partial charge < -0.3 is 30.5 Å². The van der Waals surface area contributed by atoms with Crippen molar-refractivity contribution in [3.8, 4) is 0 Å². The Kier molecular flexibility index (Phi) is 17.2. The Hall–Kier alpha value is -5.41. The maximum Gasteiger partial charge on any atom is 0.253 e. The lowest BCUT2D eigenvalue weighted by molar-refractivity contribution is -0.147. The molecular formula is C52H73N7O8. The van der Waals surface area contributed by atoms with Gasteiger partial charge in [-0.2, -0.15) is 0 Å². The molecule has 1 saturated carbocycles. The first-order valence-corrected chi connectivity index (χ1v) is 24.3. The van der Waals surface area contributed by atoms with Gasteiger partial charge in [-0.25, -0.2) is 0 Å². The number of hydrogen-bond donors (Lipinski definition) is 3. The molecule has 0 radical (unpaired) electrons. The van der Waals surface area contributed by atoms with Gasteiger partial charge in [0.25, 0.3) is 11.8 Å². The van der Waals surface area contributed by atoms with E-state index in [1.807, 2.05) is 70.0 Å². The third-order valence-electron chi connectivity index (χ3n) is 15.3. The number of ether oxygens (including phenoxy) is 1. The summed E-state index contributed by atoms with van der Waals surface area (Å²) in [5.41, 5.74) is 2.07. The summed E-state index contributed by atoms with van der Waals surface area (Å²) in [4.78, 5) is 102. The van der Waals surface area contributed by atoms with E-state index in [9.17, 15) is 33.6 Å². The second kappa shape index (κ2) is 22.6. The zero-order valence-electron chi connectivity index (χ0n) is 40.9. The second-order valence-electron chi connectivity index (χ2n) is 19.8. The van der Waals surface area contributed by atoms with Crippen LogP contribution in [0.1, 0.15) is 97.6 Å². The van der Waals surface area contributed by atoms with Crippen molar-refractivity contribution in [3.63, 3.8) is 0 Å². The minimum atomic E-state index is -0.918. The average molecular weight is 924 g/mol. The first-order chi connectivity index (χ1) is 31.9. The summed E-state index contributed by atoms with van der Waals surface area (Å²) in [6, 6.07) is 14.1. The smallest absolute Gasteiger partial charge is 0.253 e. The molecule has 0 unspecified atom stereocenters. The standard InChI is InChI=1S/C52H73N7O8/c1-10-32(4)47(57(8)52(66)46(31(2)3)55-51(65)48-37-20-23-39(28-37)56(48)7)42(67-9)29-45(62)58-26-14-17-41(58)33(5)34(6)49(63)54-40(27-35-15-12-11-13-16-35)50(64)53-38-21-18-36(19-22-38)30-59-43(60)24-25-44(59)61/h11-13,15-16,18-19,21-22,24-25,31-34,37,39-42,46-48H,10,14,17,20,23,26-30H2,1-9H3,(H,53,64)(H,54,63)(H,55,65)/t32-,33+,34+,37-,39+,40-,41-,42+,46-,47-,48-/m0/s1. The molecule has 1 aliphatic carbocycles. The molecule has 2 bridgehead atoms. The predicted octanol–water partition coefficient (Wildman–Crippen LogP) is 4.94. The Labute approximate surface area is 396 Å².